The summed E-state index contributed by atoms with van der Waals surface area (Å²) in [6, 6.07) is 19.1. The molecule has 0 aromatic heterocycles. The van der Waals surface area contributed by atoms with Crippen molar-refractivity contribution in [2.45, 2.75) is 25.7 Å². The maximum Gasteiger partial charge on any atom is 0.546 e. The van der Waals surface area contributed by atoms with Gasteiger partial charge in [-0.1, -0.05) is 24.3 Å². The maximum absolute atomic E-state index is 11.0. The van der Waals surface area contributed by atoms with E-state index in [9.17, 15) is 19.9 Å². The molecule has 0 amide bonds. The normalized spacial score (nSPS) is 12.3. The molecule has 0 aliphatic carbocycles. The Morgan fingerprint density at radius 3 is 2.26 bits per heavy atom. The van der Waals surface area contributed by atoms with Gasteiger partial charge in [-0.3, -0.25) is 0 Å². The van der Waals surface area contributed by atoms with Crippen molar-refractivity contribution in [2.24, 2.45) is 0 Å². The van der Waals surface area contributed by atoms with Crippen LogP contribution in [0.25, 0.3) is 0 Å². The molecule has 3 rings (SSSR count). The lowest BCUT2D eigenvalue weighted by Gasteiger charge is -2.14. The molecule has 0 saturated heterocycles. The van der Waals surface area contributed by atoms with E-state index in [0.717, 1.165) is 23.3 Å². The van der Waals surface area contributed by atoms with Crippen molar-refractivity contribution in [2.75, 3.05) is 19.7 Å². The van der Waals surface area contributed by atoms with Gasteiger partial charge in [-0.2, -0.15) is 4.89 Å². The summed E-state index contributed by atoms with van der Waals surface area (Å²) in [6.07, 6.45) is 0.0844. The number of aromatic hydroxyl groups is 1. The van der Waals surface area contributed by atoms with Crippen LogP contribution in [0.4, 0.5) is 0 Å². The van der Waals surface area contributed by atoms with E-state index in [1.807, 2.05) is 24.3 Å². The Hall–Kier alpha value is -3.00. The average Bonchev–Trinajstić information content (AvgIpc) is 2.85. The minimum atomic E-state index is -2.32. The van der Waals surface area contributed by atoms with E-state index in [1.54, 1.807) is 36.4 Å². The van der Waals surface area contributed by atoms with Gasteiger partial charge in [0.15, 0.2) is 0 Å². The number of hydrogen-bond acceptors (Lipinski definition) is 7. The Morgan fingerprint density at radius 2 is 1.59 bits per heavy atom. The highest BCUT2D eigenvalue weighted by atomic mass is 31.1. The third-order valence-corrected chi connectivity index (χ3v) is 5.86. The van der Waals surface area contributed by atoms with E-state index >= 15 is 0 Å². The maximum atomic E-state index is 11.0. The highest BCUT2D eigenvalue weighted by Crippen LogP contribution is 2.23. The molecule has 8 nitrogen and oxygen atoms in total. The summed E-state index contributed by atoms with van der Waals surface area (Å²) < 4.78 is 22.3. The Balaban J connectivity index is 1.33. The quantitative estimate of drug-likeness (QED) is 0.184. The Bertz CT molecular complexity index is 1060. The van der Waals surface area contributed by atoms with Crippen LogP contribution >= 0.6 is 8.03 Å². The molecule has 0 fully saturated rings. The van der Waals surface area contributed by atoms with E-state index in [2.05, 4.69) is 5.32 Å². The van der Waals surface area contributed by atoms with Gasteiger partial charge in [0, 0.05) is 12.1 Å². The fourth-order valence-corrected chi connectivity index (χ4v) is 3.57. The zero-order chi connectivity index (χ0) is 24.3. The van der Waals surface area contributed by atoms with Crippen molar-refractivity contribution in [3.63, 3.8) is 0 Å². The third kappa shape index (κ3) is 8.09. The third-order valence-electron chi connectivity index (χ3n) is 5.12. The second kappa shape index (κ2) is 13.0. The summed E-state index contributed by atoms with van der Waals surface area (Å²) in [5, 5.41) is 32.4. The first-order valence-corrected chi connectivity index (χ1v) is 12.1. The summed E-state index contributed by atoms with van der Waals surface area (Å²) in [7, 11) is -2.32. The number of rotatable bonds is 13. The van der Waals surface area contributed by atoms with Gasteiger partial charge < -0.3 is 30.1 Å². The SMILES string of the molecule is O=[P+](O)c1ccc(COc2ccc(CCNCC(O)COc3ccc(O)c(CO)c3)cc2)cc1. The molecule has 0 spiro atoms. The van der Waals surface area contributed by atoms with Crippen LogP contribution in [-0.2, 0) is 24.2 Å². The minimum absolute atomic E-state index is 0.00487. The van der Waals surface area contributed by atoms with E-state index in [1.165, 1.54) is 6.07 Å². The van der Waals surface area contributed by atoms with E-state index in [0.29, 0.717) is 36.3 Å². The molecular formula is C25H29NO7P+. The van der Waals surface area contributed by atoms with Crippen molar-refractivity contribution < 1.29 is 34.3 Å². The van der Waals surface area contributed by atoms with Gasteiger partial charge in [-0.05, 0) is 71.1 Å². The molecule has 2 unspecified atom stereocenters. The van der Waals surface area contributed by atoms with Crippen molar-refractivity contribution in [1.82, 2.24) is 5.32 Å². The van der Waals surface area contributed by atoms with E-state index < -0.39 is 14.1 Å². The predicted octanol–water partition coefficient (Wildman–Crippen LogP) is 2.40. The molecular weight excluding hydrogens is 457 g/mol. The van der Waals surface area contributed by atoms with Crippen molar-refractivity contribution in [1.29, 1.82) is 0 Å². The number of aliphatic hydroxyl groups is 2. The minimum Gasteiger partial charge on any atom is -0.508 e. The van der Waals surface area contributed by atoms with Crippen LogP contribution in [0.5, 0.6) is 17.2 Å². The summed E-state index contributed by atoms with van der Waals surface area (Å²) in [5.74, 6) is 1.22. The summed E-state index contributed by atoms with van der Waals surface area (Å²) in [4.78, 5) is 9.09. The topological polar surface area (TPSA) is 128 Å². The van der Waals surface area contributed by atoms with Crippen LogP contribution < -0.4 is 20.1 Å². The lowest BCUT2D eigenvalue weighted by atomic mass is 10.1. The Labute approximate surface area is 199 Å². The van der Waals surface area contributed by atoms with Crippen LogP contribution in [0.1, 0.15) is 16.7 Å². The van der Waals surface area contributed by atoms with Crippen LogP contribution in [0.3, 0.4) is 0 Å². The fourth-order valence-electron chi connectivity index (χ4n) is 3.17. The van der Waals surface area contributed by atoms with Gasteiger partial charge in [0.25, 0.3) is 0 Å². The number of nitrogens with one attached hydrogen (secondary N) is 1. The molecule has 0 radical (unpaired) electrons. The molecule has 0 saturated carbocycles. The molecule has 9 heteroatoms. The molecule has 5 N–H and O–H groups in total. The van der Waals surface area contributed by atoms with Crippen molar-refractivity contribution in [3.8, 4) is 17.2 Å². The predicted molar refractivity (Wildman–Crippen MR) is 129 cm³/mol. The van der Waals surface area contributed by atoms with Gasteiger partial charge in [0.05, 0.1) is 6.61 Å². The van der Waals surface area contributed by atoms with Crippen LogP contribution in [0.15, 0.2) is 66.7 Å². The highest BCUT2D eigenvalue weighted by molar-refractivity contribution is 7.47. The highest BCUT2D eigenvalue weighted by Gasteiger charge is 2.14. The largest absolute Gasteiger partial charge is 0.546 e. The zero-order valence-corrected chi connectivity index (χ0v) is 19.5. The number of benzene rings is 3. The first kappa shape index (κ1) is 25.6. The Morgan fingerprint density at radius 1 is 0.912 bits per heavy atom. The van der Waals surface area contributed by atoms with E-state index in [-0.39, 0.29) is 19.0 Å². The first-order valence-electron chi connectivity index (χ1n) is 10.9. The number of phenols is 1. The van der Waals surface area contributed by atoms with Crippen LogP contribution in [0.2, 0.25) is 0 Å². The van der Waals surface area contributed by atoms with Gasteiger partial charge >= 0.3 is 8.03 Å². The smallest absolute Gasteiger partial charge is 0.508 e. The Kier molecular flexibility index (Phi) is 9.82. The fraction of sp³-hybridized carbons (Fsp3) is 0.280. The molecule has 3 aromatic rings. The monoisotopic (exact) mass is 486 g/mol. The van der Waals surface area contributed by atoms with Crippen LogP contribution in [-0.4, -0.2) is 46.0 Å². The van der Waals surface area contributed by atoms with Gasteiger partial charge in [-0.15, -0.1) is 0 Å². The van der Waals surface area contributed by atoms with Crippen molar-refractivity contribution in [3.05, 3.63) is 83.4 Å². The number of ether oxygens (including phenoxy) is 2. The first-order chi connectivity index (χ1) is 16.4. The molecule has 0 heterocycles. The number of aliphatic hydroxyl groups excluding tert-OH is 2. The summed E-state index contributed by atoms with van der Waals surface area (Å²) >= 11 is 0. The second-order valence-corrected chi connectivity index (χ2v) is 8.80. The summed E-state index contributed by atoms with van der Waals surface area (Å²) in [6.45, 7) is 1.23. The molecule has 180 valence electrons. The molecule has 0 aliphatic heterocycles. The standard InChI is InChI=1S/C25H28NO7P/c27-15-20-13-23(7-10-25(20)29)33-17-21(28)14-26-12-11-18-1-5-22(6-2-18)32-16-19-3-8-24(9-4-19)34(30)31/h1-10,13,21,26-28H,11-12,14-17H2,(H-,29,30,31)/p+1. The van der Waals surface area contributed by atoms with Crippen LogP contribution in [0, 0.1) is 0 Å². The summed E-state index contributed by atoms with van der Waals surface area (Å²) in [5.41, 5.74) is 2.41. The second-order valence-electron chi connectivity index (χ2n) is 7.74. The zero-order valence-electron chi connectivity index (χ0n) is 18.6. The average molecular weight is 486 g/mol. The molecule has 0 aliphatic rings. The van der Waals surface area contributed by atoms with Gasteiger partial charge in [0.2, 0.25) is 5.30 Å². The number of hydrogen-bond donors (Lipinski definition) is 5. The lowest BCUT2D eigenvalue weighted by Crippen LogP contribution is -2.32. The molecule has 0 bridgehead atoms. The van der Waals surface area contributed by atoms with Gasteiger partial charge in [-0.25, -0.2) is 0 Å². The van der Waals surface area contributed by atoms with Crippen molar-refractivity contribution >= 4 is 13.3 Å². The van der Waals surface area contributed by atoms with Gasteiger partial charge in [0.1, 0.15) is 36.6 Å². The lowest BCUT2D eigenvalue weighted by molar-refractivity contribution is 0.106. The van der Waals surface area contributed by atoms with E-state index in [4.69, 9.17) is 14.4 Å². The molecule has 3 aromatic carbocycles. The molecule has 34 heavy (non-hydrogen) atoms. The molecule has 2 atom stereocenters.